The second-order valence-electron chi connectivity index (χ2n) is 39.7. The van der Waals surface area contributed by atoms with Crippen LogP contribution >= 0.6 is 0 Å². The van der Waals surface area contributed by atoms with Gasteiger partial charge in [-0.2, -0.15) is 0 Å². The summed E-state index contributed by atoms with van der Waals surface area (Å²) < 4.78 is 4.75. The van der Waals surface area contributed by atoms with Gasteiger partial charge in [0, 0.05) is 45.6 Å². The Bertz CT molecular complexity index is 9550. The summed E-state index contributed by atoms with van der Waals surface area (Å²) in [4.78, 5) is 10.8. The molecule has 2 aromatic heterocycles. The highest BCUT2D eigenvalue weighted by atomic mass is 15.1. The molecule has 0 aliphatic heterocycles. The molecule has 0 radical (unpaired) electrons. The van der Waals surface area contributed by atoms with Gasteiger partial charge in [-0.1, -0.05) is 358 Å². The topological polar surface area (TPSA) is 35.6 Å². The predicted molar refractivity (Wildman–Crippen MR) is 582 cm³/mol. The normalized spacial score (nSPS) is 18.3. The fourth-order valence-corrected chi connectivity index (χ4v) is 26.0. The molecule has 0 N–H and O–H groups in total. The average Bonchev–Trinajstić information content (AvgIpc) is 1.09. The van der Waals surface area contributed by atoms with Crippen LogP contribution in [0.25, 0.3) is 233 Å². The van der Waals surface area contributed by atoms with E-state index in [0.29, 0.717) is 17.8 Å². The molecule has 20 aromatic carbocycles. The van der Waals surface area contributed by atoms with Crippen LogP contribution in [0, 0.1) is 29.6 Å². The van der Waals surface area contributed by atoms with Gasteiger partial charge >= 0.3 is 0 Å². The number of imidazole rings is 2. The summed E-state index contributed by atoms with van der Waals surface area (Å²) in [6.45, 7) is 0. The summed E-state index contributed by atoms with van der Waals surface area (Å²) >= 11 is 0. The zero-order valence-corrected chi connectivity index (χ0v) is 76.1. The lowest BCUT2D eigenvalue weighted by Crippen LogP contribution is -2.26. The van der Waals surface area contributed by atoms with Crippen molar-refractivity contribution in [2.24, 2.45) is 29.6 Å². The van der Waals surface area contributed by atoms with Crippen LogP contribution in [-0.2, 0) is 12.8 Å². The largest absolute Gasteiger partial charge is 0.292 e. The predicted octanol–water partition coefficient (Wildman–Crippen LogP) is 34.7. The zero-order valence-electron chi connectivity index (χ0n) is 76.1. The Labute approximate surface area is 799 Å². The molecule has 30 rings (SSSR count). The fraction of sp³-hybridized carbons (Fsp3) is 0.0896. The molecule has 22 aromatic rings. The van der Waals surface area contributed by atoms with Crippen molar-refractivity contribution in [1.29, 1.82) is 0 Å². The minimum atomic E-state index is 0.230. The lowest BCUT2D eigenvalue weighted by atomic mass is 9.65. The second kappa shape index (κ2) is 30.4. The van der Waals surface area contributed by atoms with Crippen LogP contribution in [0.3, 0.4) is 0 Å². The lowest BCUT2D eigenvalue weighted by molar-refractivity contribution is 0.471. The van der Waals surface area contributed by atoms with Gasteiger partial charge < -0.3 is 0 Å². The number of para-hydroxylation sites is 4. The maximum atomic E-state index is 5.39. The summed E-state index contributed by atoms with van der Waals surface area (Å²) in [6, 6.07) is 131. The van der Waals surface area contributed by atoms with Gasteiger partial charge in [0.25, 0.3) is 0 Å². The molecular weight excluding hydrogens is 1670 g/mol. The van der Waals surface area contributed by atoms with Crippen molar-refractivity contribution < 1.29 is 0 Å². The molecule has 0 saturated heterocycles. The van der Waals surface area contributed by atoms with Crippen LogP contribution < -0.4 is 0 Å². The molecule has 8 aliphatic rings. The number of nitrogens with zero attached hydrogens (tertiary/aromatic N) is 4. The zero-order chi connectivity index (χ0) is 90.1. The van der Waals surface area contributed by atoms with Crippen molar-refractivity contribution in [1.82, 2.24) is 19.1 Å². The third-order valence-electron chi connectivity index (χ3n) is 32.6. The molecule has 8 aliphatic carbocycles. The van der Waals surface area contributed by atoms with Crippen molar-refractivity contribution in [3.63, 3.8) is 0 Å². The number of hydrogen-bond acceptors (Lipinski definition) is 2. The lowest BCUT2D eigenvalue weighted by Gasteiger charge is -2.39. The van der Waals surface area contributed by atoms with Crippen molar-refractivity contribution in [2.75, 3.05) is 0 Å². The van der Waals surface area contributed by atoms with Crippen LogP contribution in [0.15, 0.2) is 429 Å². The van der Waals surface area contributed by atoms with Gasteiger partial charge in [-0.25, -0.2) is 9.97 Å². The fourth-order valence-electron chi connectivity index (χ4n) is 26.0. The number of aryl methyl sites for hydroxylation is 1. The first-order valence-corrected chi connectivity index (χ1v) is 49.4. The maximum absolute atomic E-state index is 5.39. The Balaban J connectivity index is 0.414. The molecule has 0 spiro atoms. The minimum absolute atomic E-state index is 0.230. The summed E-state index contributed by atoms with van der Waals surface area (Å²) in [5.41, 5.74) is 35.6. The average molecular weight is 1760 g/mol. The quantitative estimate of drug-likeness (QED) is 0.107. The van der Waals surface area contributed by atoms with Gasteiger partial charge in [-0.3, -0.25) is 9.13 Å². The Hall–Kier alpha value is -16.7. The van der Waals surface area contributed by atoms with Crippen LogP contribution in [0.1, 0.15) is 81.7 Å². The van der Waals surface area contributed by atoms with Crippen molar-refractivity contribution in [3.05, 3.63) is 479 Å². The highest BCUT2D eigenvalue weighted by molar-refractivity contribution is 6.18. The number of fused-ring (bicyclic) bond motifs is 26. The van der Waals surface area contributed by atoms with E-state index in [0.717, 1.165) is 94.7 Å². The molecule has 0 bridgehead atoms. The molecule has 138 heavy (non-hydrogen) atoms. The highest BCUT2D eigenvalue weighted by Gasteiger charge is 2.40. The second-order valence-corrected chi connectivity index (χ2v) is 39.7. The summed E-state index contributed by atoms with van der Waals surface area (Å²) in [6.07, 6.45) is 43.4. The third kappa shape index (κ3) is 12.0. The first kappa shape index (κ1) is 77.7. The van der Waals surface area contributed by atoms with Crippen molar-refractivity contribution in [3.8, 4) is 67.5 Å². The van der Waals surface area contributed by atoms with Crippen LogP contribution in [0.2, 0.25) is 0 Å². The van der Waals surface area contributed by atoms with Gasteiger partial charge in [-0.05, 0) is 337 Å². The number of benzene rings is 20. The van der Waals surface area contributed by atoms with E-state index < -0.39 is 0 Å². The van der Waals surface area contributed by atoms with Crippen molar-refractivity contribution in [2.45, 2.75) is 44.4 Å². The van der Waals surface area contributed by atoms with E-state index >= 15 is 0 Å². The van der Waals surface area contributed by atoms with Crippen LogP contribution in [-0.4, -0.2) is 19.1 Å². The van der Waals surface area contributed by atoms with Gasteiger partial charge in [0.1, 0.15) is 11.6 Å². The maximum Gasteiger partial charge on any atom is 0.145 e. The SMILES string of the molecule is C1=CC(C2=CCCC3Cc4c(ccc5c(-c6cccc7c6C=CC6CC8C(=CC=CC8c8cccc9c8ccc8cc%10c(-c%11ccc(-c%12nc%13ccccc%13n%12-c%12cccc%13c%12ccc%12cc%14c(cc%12%13)C=CCC%14)cc%11)cccc%10cc89)C=C76)cccc45)C=C23)C2C=Cc3cc4c(-c5ccc(-c6nc7ccccc7n6-c6cccc7c6ccc6cc8ccccc8cc67)cc5)cccc4cc3C2=C1. The van der Waals surface area contributed by atoms with Gasteiger partial charge in [-0.15, -0.1) is 0 Å². The Morgan fingerprint density at radius 1 is 0.304 bits per heavy atom. The molecular formula is C134H90N4. The molecule has 6 atom stereocenters. The van der Waals surface area contributed by atoms with E-state index in [1.165, 1.54) is 219 Å². The van der Waals surface area contributed by atoms with E-state index in [2.05, 4.69) is 446 Å². The number of aromatic nitrogens is 4. The Morgan fingerprint density at radius 3 is 1.61 bits per heavy atom. The molecule has 4 nitrogen and oxygen atoms in total. The summed E-state index contributed by atoms with van der Waals surface area (Å²) in [5, 5.41) is 25.4. The standard InChI is InChI=1S/C134H90N4/c1-3-21-85-69-119-91(67-83(85)19-1)59-65-115-109(119)39-17-45-129(115)137-131-43-7-5-41-127(131)135-133(137)81-51-47-79(48-52-81)97-27-9-23-87-71-123-93(75-117(87)97)55-63-113-101(33-15-37-107(113)123)103-29-11-25-89-73-125-95(77-121(89)103)57-61-111-99(31-13-35-105(111)125)100-32-14-36-106-112(100)62-58-96-78-122-90(74-126(96)106)26-12-30-104(122)102-34-16-38-108-114(102)64-56-94-76-118-88(72-124(94)108)24-10-28-98(118)80-49-53-82(54-50-80)134-136-128-42-6-8-44-132(128)138(134)130-46-18-40-110-116(130)66-60-92-68-84-20-2-4-22-86(84)70-120(92)110/h1,3-10,12-19,21-24,26-72,74-77,89,96,101,104,113,122H,2,11,20,25,73,78H2. The van der Waals surface area contributed by atoms with E-state index in [9.17, 15) is 0 Å². The smallest absolute Gasteiger partial charge is 0.145 e. The van der Waals surface area contributed by atoms with E-state index in [1.54, 1.807) is 0 Å². The molecule has 2 heterocycles. The van der Waals surface area contributed by atoms with Gasteiger partial charge in [0.15, 0.2) is 0 Å². The number of hydrogen-bond donors (Lipinski definition) is 0. The minimum Gasteiger partial charge on any atom is -0.292 e. The van der Waals surface area contributed by atoms with E-state index in [1.807, 2.05) is 0 Å². The molecule has 0 amide bonds. The van der Waals surface area contributed by atoms with Gasteiger partial charge in [0.05, 0.1) is 33.4 Å². The number of allylic oxidation sites excluding steroid dienone is 16. The Morgan fingerprint density at radius 2 is 0.855 bits per heavy atom. The monoisotopic (exact) mass is 1750 g/mol. The third-order valence-corrected chi connectivity index (χ3v) is 32.6. The van der Waals surface area contributed by atoms with Gasteiger partial charge in [0.2, 0.25) is 0 Å². The molecule has 4 heteroatoms. The van der Waals surface area contributed by atoms with E-state index in [-0.39, 0.29) is 17.8 Å². The summed E-state index contributed by atoms with van der Waals surface area (Å²) in [5.74, 6) is 3.65. The number of rotatable bonds is 9. The molecule has 0 saturated carbocycles. The highest BCUT2D eigenvalue weighted by Crippen LogP contribution is 2.56. The Kier molecular flexibility index (Phi) is 17.1. The van der Waals surface area contributed by atoms with E-state index in [4.69, 9.17) is 9.97 Å². The summed E-state index contributed by atoms with van der Waals surface area (Å²) in [7, 11) is 0. The first-order chi connectivity index (χ1) is 68.4. The first-order valence-electron chi connectivity index (χ1n) is 49.4. The molecule has 0 fully saturated rings. The van der Waals surface area contributed by atoms with Crippen LogP contribution in [0.4, 0.5) is 0 Å². The van der Waals surface area contributed by atoms with Crippen molar-refractivity contribution >= 4 is 165 Å². The molecule has 646 valence electrons. The molecule has 6 unspecified atom stereocenters. The van der Waals surface area contributed by atoms with Crippen LogP contribution in [0.5, 0.6) is 0 Å².